The predicted octanol–water partition coefficient (Wildman–Crippen LogP) is 3.12. The van der Waals surface area contributed by atoms with E-state index in [0.717, 1.165) is 43.5 Å². The van der Waals surface area contributed by atoms with Crippen LogP contribution in [0.4, 0.5) is 5.69 Å². The van der Waals surface area contributed by atoms with Gasteiger partial charge in [0.25, 0.3) is 0 Å². The van der Waals surface area contributed by atoms with Crippen LogP contribution in [0.5, 0.6) is 0 Å². The van der Waals surface area contributed by atoms with Gasteiger partial charge >= 0.3 is 0 Å². The third-order valence-electron chi connectivity index (χ3n) is 2.35. The summed E-state index contributed by atoms with van der Waals surface area (Å²) in [4.78, 5) is 10.4. The minimum absolute atomic E-state index is 0.685. The summed E-state index contributed by atoms with van der Waals surface area (Å²) < 4.78 is 0. The van der Waals surface area contributed by atoms with Gasteiger partial charge in [0.15, 0.2) is 0 Å². The van der Waals surface area contributed by atoms with E-state index in [1.54, 1.807) is 12.1 Å². The highest BCUT2D eigenvalue weighted by atomic mass is 16.1. The van der Waals surface area contributed by atoms with Gasteiger partial charge in [-0.05, 0) is 30.7 Å². The molecule has 0 radical (unpaired) electrons. The number of rotatable bonds is 7. The number of hydrogen-bond acceptors (Lipinski definition) is 3. The molecule has 0 bridgehead atoms. The molecule has 0 saturated heterocycles. The smallest absolute Gasteiger partial charge is 0.150 e. The van der Waals surface area contributed by atoms with Gasteiger partial charge in [0.2, 0.25) is 0 Å². The van der Waals surface area contributed by atoms with Crippen molar-refractivity contribution >= 4 is 17.7 Å². The third-order valence-corrected chi connectivity index (χ3v) is 2.35. The van der Waals surface area contributed by atoms with E-state index in [9.17, 15) is 4.79 Å². The largest absolute Gasteiger partial charge is 0.385 e. The number of hydrogen-bond donors (Lipinski definition) is 2. The second-order valence-corrected chi connectivity index (χ2v) is 3.77. The molecule has 0 heterocycles. The Hall–Kier alpha value is -1.64. The SMILES string of the molecule is CCCC(=N)CCNc1ccc(C=O)cc1. The van der Waals surface area contributed by atoms with E-state index in [4.69, 9.17) is 5.41 Å². The van der Waals surface area contributed by atoms with E-state index in [1.165, 1.54) is 0 Å². The lowest BCUT2D eigenvalue weighted by Crippen LogP contribution is -2.07. The van der Waals surface area contributed by atoms with Crippen LogP contribution in [0.3, 0.4) is 0 Å². The second kappa shape index (κ2) is 6.77. The number of anilines is 1. The van der Waals surface area contributed by atoms with E-state index in [2.05, 4.69) is 12.2 Å². The van der Waals surface area contributed by atoms with Crippen molar-refractivity contribution in [2.24, 2.45) is 0 Å². The molecule has 0 aromatic heterocycles. The van der Waals surface area contributed by atoms with Gasteiger partial charge in [-0.2, -0.15) is 0 Å². The summed E-state index contributed by atoms with van der Waals surface area (Å²) in [6.07, 6.45) is 3.53. The molecule has 16 heavy (non-hydrogen) atoms. The zero-order valence-corrected chi connectivity index (χ0v) is 9.62. The maximum atomic E-state index is 10.4. The highest BCUT2D eigenvalue weighted by Gasteiger charge is 1.96. The van der Waals surface area contributed by atoms with Crippen LogP contribution in [0.25, 0.3) is 0 Å². The van der Waals surface area contributed by atoms with Crippen LogP contribution >= 0.6 is 0 Å². The Bertz CT molecular complexity index is 343. The Morgan fingerprint density at radius 2 is 2.00 bits per heavy atom. The van der Waals surface area contributed by atoms with Gasteiger partial charge in [-0.15, -0.1) is 0 Å². The lowest BCUT2D eigenvalue weighted by Gasteiger charge is -2.06. The van der Waals surface area contributed by atoms with E-state index in [1.807, 2.05) is 12.1 Å². The molecule has 0 spiro atoms. The van der Waals surface area contributed by atoms with Gasteiger partial charge in [0, 0.05) is 29.9 Å². The summed E-state index contributed by atoms with van der Waals surface area (Å²) in [5.41, 5.74) is 2.47. The fourth-order valence-electron chi connectivity index (χ4n) is 1.46. The van der Waals surface area contributed by atoms with Crippen molar-refractivity contribution in [2.75, 3.05) is 11.9 Å². The molecule has 0 fully saturated rings. The maximum absolute atomic E-state index is 10.4. The van der Waals surface area contributed by atoms with E-state index in [-0.39, 0.29) is 0 Å². The van der Waals surface area contributed by atoms with Gasteiger partial charge < -0.3 is 10.7 Å². The summed E-state index contributed by atoms with van der Waals surface area (Å²) in [6.45, 7) is 2.86. The molecule has 2 N–H and O–H groups in total. The highest BCUT2D eigenvalue weighted by molar-refractivity contribution is 5.81. The van der Waals surface area contributed by atoms with Crippen LogP contribution in [-0.2, 0) is 0 Å². The molecule has 0 unspecified atom stereocenters. The Morgan fingerprint density at radius 1 is 1.31 bits per heavy atom. The van der Waals surface area contributed by atoms with Gasteiger partial charge in [0.1, 0.15) is 6.29 Å². The summed E-state index contributed by atoms with van der Waals surface area (Å²) in [5, 5.41) is 10.9. The Labute approximate surface area is 96.4 Å². The summed E-state index contributed by atoms with van der Waals surface area (Å²) >= 11 is 0. The van der Waals surface area contributed by atoms with Crippen molar-refractivity contribution in [3.8, 4) is 0 Å². The molecule has 0 atom stereocenters. The van der Waals surface area contributed by atoms with Crippen LogP contribution in [0.15, 0.2) is 24.3 Å². The molecule has 0 aliphatic rings. The summed E-state index contributed by atoms with van der Waals surface area (Å²) in [6, 6.07) is 7.33. The highest BCUT2D eigenvalue weighted by Crippen LogP contribution is 2.08. The average Bonchev–Trinajstić information content (AvgIpc) is 2.30. The first-order valence-corrected chi connectivity index (χ1v) is 5.61. The minimum atomic E-state index is 0.685. The molecule has 0 aliphatic carbocycles. The van der Waals surface area contributed by atoms with Crippen LogP contribution in [0.2, 0.25) is 0 Å². The van der Waals surface area contributed by atoms with Gasteiger partial charge in [-0.25, -0.2) is 0 Å². The average molecular weight is 218 g/mol. The maximum Gasteiger partial charge on any atom is 0.150 e. The zero-order chi connectivity index (χ0) is 11.8. The molecule has 1 aromatic rings. The first-order chi connectivity index (χ1) is 7.76. The van der Waals surface area contributed by atoms with E-state index < -0.39 is 0 Å². The zero-order valence-electron chi connectivity index (χ0n) is 9.62. The van der Waals surface area contributed by atoms with Crippen molar-refractivity contribution in [3.63, 3.8) is 0 Å². The number of carbonyl (C=O) groups is 1. The number of benzene rings is 1. The van der Waals surface area contributed by atoms with Crippen LogP contribution in [-0.4, -0.2) is 18.5 Å². The fraction of sp³-hybridized carbons (Fsp3) is 0.385. The van der Waals surface area contributed by atoms with E-state index >= 15 is 0 Å². The molecule has 86 valence electrons. The normalized spacial score (nSPS) is 9.81. The van der Waals surface area contributed by atoms with Crippen molar-refractivity contribution < 1.29 is 4.79 Å². The Kier molecular flexibility index (Phi) is 5.26. The quantitative estimate of drug-likeness (QED) is 0.545. The van der Waals surface area contributed by atoms with Crippen molar-refractivity contribution in [2.45, 2.75) is 26.2 Å². The minimum Gasteiger partial charge on any atom is -0.385 e. The van der Waals surface area contributed by atoms with Crippen molar-refractivity contribution in [1.29, 1.82) is 5.41 Å². The predicted molar refractivity (Wildman–Crippen MR) is 67.6 cm³/mol. The summed E-state index contributed by atoms with van der Waals surface area (Å²) in [5.74, 6) is 0. The van der Waals surface area contributed by atoms with Crippen molar-refractivity contribution in [3.05, 3.63) is 29.8 Å². The van der Waals surface area contributed by atoms with Crippen LogP contribution in [0.1, 0.15) is 36.5 Å². The summed E-state index contributed by atoms with van der Waals surface area (Å²) in [7, 11) is 0. The molecule has 1 aromatic carbocycles. The number of carbonyl (C=O) groups excluding carboxylic acids is 1. The third kappa shape index (κ3) is 4.26. The van der Waals surface area contributed by atoms with Crippen molar-refractivity contribution in [1.82, 2.24) is 0 Å². The number of nitrogens with one attached hydrogen (secondary N) is 2. The standard InChI is InChI=1S/C13H18N2O/c1-2-3-12(14)8-9-15-13-6-4-11(10-16)5-7-13/h4-7,10,14-15H,2-3,8-9H2,1H3. The topological polar surface area (TPSA) is 53.0 Å². The lowest BCUT2D eigenvalue weighted by atomic mass is 10.1. The van der Waals surface area contributed by atoms with Gasteiger partial charge in [0.05, 0.1) is 0 Å². The fourth-order valence-corrected chi connectivity index (χ4v) is 1.46. The molecular formula is C13H18N2O. The molecule has 1 rings (SSSR count). The molecule has 3 nitrogen and oxygen atoms in total. The second-order valence-electron chi connectivity index (χ2n) is 3.77. The van der Waals surface area contributed by atoms with E-state index in [0.29, 0.717) is 5.56 Å². The molecule has 0 amide bonds. The lowest BCUT2D eigenvalue weighted by molar-refractivity contribution is 0.112. The van der Waals surface area contributed by atoms with Crippen LogP contribution < -0.4 is 5.32 Å². The number of aldehydes is 1. The Balaban J connectivity index is 2.31. The molecular weight excluding hydrogens is 200 g/mol. The molecule has 3 heteroatoms. The van der Waals surface area contributed by atoms with Gasteiger partial charge in [-0.3, -0.25) is 4.79 Å². The molecule has 0 saturated carbocycles. The first-order valence-electron chi connectivity index (χ1n) is 5.61. The van der Waals surface area contributed by atoms with Crippen LogP contribution in [0, 0.1) is 5.41 Å². The Morgan fingerprint density at radius 3 is 2.56 bits per heavy atom. The first kappa shape index (κ1) is 12.4. The monoisotopic (exact) mass is 218 g/mol. The van der Waals surface area contributed by atoms with Gasteiger partial charge in [-0.1, -0.05) is 13.3 Å². The molecule has 0 aliphatic heterocycles.